The van der Waals surface area contributed by atoms with E-state index in [4.69, 9.17) is 4.98 Å². The molecule has 3 aliphatic carbocycles. The second-order valence-corrected chi connectivity index (χ2v) is 13.7. The normalized spacial score (nSPS) is 13.9. The van der Waals surface area contributed by atoms with Crippen molar-refractivity contribution in [3.05, 3.63) is 186 Å². The maximum Gasteiger partial charge on any atom is 0.0786 e. The van der Waals surface area contributed by atoms with Gasteiger partial charge in [-0.1, -0.05) is 140 Å². The fourth-order valence-electron chi connectivity index (χ4n) is 9.90. The van der Waals surface area contributed by atoms with Crippen LogP contribution in [0.5, 0.6) is 0 Å². The number of pyridine rings is 1. The Morgan fingerprint density at radius 2 is 0.939 bits per heavy atom. The third kappa shape index (κ3) is 2.97. The SMILES string of the molecule is c1ccc2c(c1)-c1ccccc1C21c2ccccc2-c2c1cc1c(c2-c2cc3ccccc3c3ncccc23)-c2cccc3cccc-1c23. The predicted octanol–water partition coefficient (Wildman–Crippen LogP) is 12.2. The smallest absolute Gasteiger partial charge is 0.0786 e. The van der Waals surface area contributed by atoms with Crippen LogP contribution < -0.4 is 0 Å². The lowest BCUT2D eigenvalue weighted by Gasteiger charge is -2.31. The van der Waals surface area contributed by atoms with Crippen molar-refractivity contribution in [2.75, 3.05) is 0 Å². The molecule has 1 heteroatoms. The summed E-state index contributed by atoms with van der Waals surface area (Å²) in [5, 5.41) is 6.22. The Kier molecular flexibility index (Phi) is 4.72. The van der Waals surface area contributed by atoms with Gasteiger partial charge < -0.3 is 0 Å². The molecule has 0 fully saturated rings. The van der Waals surface area contributed by atoms with E-state index in [2.05, 4.69) is 158 Å². The van der Waals surface area contributed by atoms with Crippen LogP contribution in [0.1, 0.15) is 22.3 Å². The van der Waals surface area contributed by atoms with Crippen molar-refractivity contribution in [1.29, 1.82) is 0 Å². The molecule has 0 saturated carbocycles. The Hall–Kier alpha value is -6.31. The summed E-state index contributed by atoms with van der Waals surface area (Å²) in [5.74, 6) is 0. The van der Waals surface area contributed by atoms with Gasteiger partial charge in [0.2, 0.25) is 0 Å². The zero-order valence-corrected chi connectivity index (χ0v) is 26.5. The van der Waals surface area contributed by atoms with Gasteiger partial charge in [-0.05, 0) is 112 Å². The fourth-order valence-corrected chi connectivity index (χ4v) is 9.90. The summed E-state index contributed by atoms with van der Waals surface area (Å²) in [4.78, 5) is 5.04. The zero-order valence-electron chi connectivity index (χ0n) is 26.5. The lowest BCUT2D eigenvalue weighted by Crippen LogP contribution is -2.26. The van der Waals surface area contributed by atoms with Gasteiger partial charge in [-0.15, -0.1) is 0 Å². The van der Waals surface area contributed by atoms with Crippen molar-refractivity contribution < 1.29 is 0 Å². The highest BCUT2D eigenvalue weighted by Crippen LogP contribution is 2.67. The summed E-state index contributed by atoms with van der Waals surface area (Å²) in [7, 11) is 0. The number of fused-ring (bicyclic) bond motifs is 16. The number of rotatable bonds is 1. The maximum absolute atomic E-state index is 5.04. The molecule has 0 radical (unpaired) electrons. The van der Waals surface area contributed by atoms with E-state index in [-0.39, 0.29) is 0 Å². The molecule has 3 aliphatic rings. The molecule has 9 aromatic rings. The first-order chi connectivity index (χ1) is 24.3. The molecule has 0 atom stereocenters. The summed E-state index contributed by atoms with van der Waals surface area (Å²) in [6, 6.07) is 59.2. The minimum Gasteiger partial charge on any atom is -0.256 e. The number of hydrogen-bond acceptors (Lipinski definition) is 1. The third-order valence-electron chi connectivity index (χ3n) is 11.6. The molecule has 1 spiro atoms. The molecule has 8 aromatic carbocycles. The summed E-state index contributed by atoms with van der Waals surface area (Å²) in [6.07, 6.45) is 1.94. The fraction of sp³-hybridized carbons (Fsp3) is 0.0208. The van der Waals surface area contributed by atoms with Crippen LogP contribution in [0.3, 0.4) is 0 Å². The van der Waals surface area contributed by atoms with Gasteiger partial charge in [-0.2, -0.15) is 0 Å². The monoisotopic (exact) mass is 617 g/mol. The van der Waals surface area contributed by atoms with Crippen LogP contribution in [0.4, 0.5) is 0 Å². The highest BCUT2D eigenvalue weighted by Gasteiger charge is 2.53. The van der Waals surface area contributed by atoms with Gasteiger partial charge in [-0.25, -0.2) is 0 Å². The van der Waals surface area contributed by atoms with Gasteiger partial charge in [0.25, 0.3) is 0 Å². The average molecular weight is 618 g/mol. The van der Waals surface area contributed by atoms with E-state index >= 15 is 0 Å². The number of aromatic nitrogens is 1. The molecule has 0 N–H and O–H groups in total. The van der Waals surface area contributed by atoms with Crippen molar-refractivity contribution in [2.24, 2.45) is 0 Å². The maximum atomic E-state index is 5.04. The number of hydrogen-bond donors (Lipinski definition) is 0. The van der Waals surface area contributed by atoms with Crippen LogP contribution in [0.15, 0.2) is 164 Å². The Morgan fingerprint density at radius 1 is 0.347 bits per heavy atom. The first-order valence-electron chi connectivity index (χ1n) is 17.1. The minimum atomic E-state index is -0.434. The van der Waals surface area contributed by atoms with Gasteiger partial charge in [0.05, 0.1) is 10.9 Å². The van der Waals surface area contributed by atoms with Crippen molar-refractivity contribution in [1.82, 2.24) is 4.98 Å². The average Bonchev–Trinajstić information content (AvgIpc) is 3.77. The van der Waals surface area contributed by atoms with E-state index in [0.29, 0.717) is 0 Å². The van der Waals surface area contributed by atoms with Crippen molar-refractivity contribution >= 4 is 32.4 Å². The number of benzene rings is 8. The van der Waals surface area contributed by atoms with Gasteiger partial charge in [0.15, 0.2) is 0 Å². The second kappa shape index (κ2) is 8.98. The van der Waals surface area contributed by atoms with Crippen LogP contribution in [-0.2, 0) is 5.41 Å². The van der Waals surface area contributed by atoms with Crippen LogP contribution in [0, 0.1) is 0 Å². The van der Waals surface area contributed by atoms with E-state index in [1.807, 2.05) is 6.20 Å². The highest BCUT2D eigenvalue weighted by atomic mass is 14.6. The third-order valence-corrected chi connectivity index (χ3v) is 11.6. The Bertz CT molecular complexity index is 2900. The quantitative estimate of drug-likeness (QED) is 0.167. The molecule has 0 saturated heterocycles. The standard InChI is InChI=1S/C48H27N/c1-2-15-30-29(12-1)26-37(34-21-11-25-49-47(30)34)46-44-36-20-10-14-28-13-9-19-33(43(28)36)38(44)27-42-45(46)35-18-5-8-24-41(35)48(42)39-22-6-3-16-31(39)32-17-4-7-23-40(32)48/h1-27H. The molecular weight excluding hydrogens is 591 g/mol. The molecule has 49 heavy (non-hydrogen) atoms. The summed E-state index contributed by atoms with van der Waals surface area (Å²) in [5.41, 5.74) is 19.2. The topological polar surface area (TPSA) is 12.9 Å². The Morgan fingerprint density at radius 3 is 1.71 bits per heavy atom. The van der Waals surface area contributed by atoms with Gasteiger partial charge in [-0.3, -0.25) is 4.98 Å². The predicted molar refractivity (Wildman–Crippen MR) is 203 cm³/mol. The minimum absolute atomic E-state index is 0.434. The van der Waals surface area contributed by atoms with Crippen LogP contribution in [0.2, 0.25) is 0 Å². The molecule has 0 amide bonds. The van der Waals surface area contributed by atoms with E-state index in [1.165, 1.54) is 105 Å². The summed E-state index contributed by atoms with van der Waals surface area (Å²) in [6.45, 7) is 0. The number of nitrogens with zero attached hydrogens (tertiary/aromatic N) is 1. The van der Waals surface area contributed by atoms with Crippen LogP contribution in [0.25, 0.3) is 88.1 Å². The lowest BCUT2D eigenvalue weighted by atomic mass is 9.69. The van der Waals surface area contributed by atoms with Crippen LogP contribution in [-0.4, -0.2) is 4.98 Å². The van der Waals surface area contributed by atoms with Crippen molar-refractivity contribution in [3.8, 4) is 55.6 Å². The summed E-state index contributed by atoms with van der Waals surface area (Å²) >= 11 is 0. The highest BCUT2D eigenvalue weighted by molar-refractivity contribution is 6.24. The van der Waals surface area contributed by atoms with E-state index < -0.39 is 5.41 Å². The van der Waals surface area contributed by atoms with Gasteiger partial charge in [0, 0.05) is 17.0 Å². The largest absolute Gasteiger partial charge is 0.256 e. The molecule has 0 unspecified atom stereocenters. The van der Waals surface area contributed by atoms with Crippen molar-refractivity contribution in [2.45, 2.75) is 5.41 Å². The molecule has 0 bridgehead atoms. The first-order valence-corrected chi connectivity index (χ1v) is 17.1. The van der Waals surface area contributed by atoms with Gasteiger partial charge in [0.1, 0.15) is 0 Å². The molecule has 1 nitrogen and oxygen atoms in total. The van der Waals surface area contributed by atoms with Gasteiger partial charge >= 0.3 is 0 Å². The summed E-state index contributed by atoms with van der Waals surface area (Å²) < 4.78 is 0. The molecule has 224 valence electrons. The molecule has 1 aromatic heterocycles. The van der Waals surface area contributed by atoms with Crippen molar-refractivity contribution in [3.63, 3.8) is 0 Å². The Balaban J connectivity index is 1.35. The Labute approximate surface area is 283 Å². The van der Waals surface area contributed by atoms with Crippen LogP contribution >= 0.6 is 0 Å². The van der Waals surface area contributed by atoms with E-state index in [0.717, 1.165) is 5.52 Å². The van der Waals surface area contributed by atoms with E-state index in [1.54, 1.807) is 0 Å². The molecular formula is C48H27N. The molecule has 12 rings (SSSR count). The van der Waals surface area contributed by atoms with E-state index in [9.17, 15) is 0 Å². The zero-order chi connectivity index (χ0) is 31.8. The molecule has 1 heterocycles. The first kappa shape index (κ1) is 25.7. The second-order valence-electron chi connectivity index (χ2n) is 13.7. The lowest BCUT2D eigenvalue weighted by molar-refractivity contribution is 0.794. The molecule has 0 aliphatic heterocycles.